The Morgan fingerprint density at radius 2 is 1.75 bits per heavy atom. The number of ketones is 1. The van der Waals surface area contributed by atoms with Crippen LogP contribution in [0.25, 0.3) is 11.8 Å². The van der Waals surface area contributed by atoms with E-state index < -0.39 is 0 Å². The van der Waals surface area contributed by atoms with Gasteiger partial charge in [-0.1, -0.05) is 18.2 Å². The minimum absolute atomic E-state index is 0.195. The molecule has 0 spiro atoms. The normalized spacial score (nSPS) is 10.8. The van der Waals surface area contributed by atoms with E-state index >= 15 is 0 Å². The number of aromatic amines is 1. The number of benzene rings is 2. The van der Waals surface area contributed by atoms with Gasteiger partial charge in [-0.3, -0.25) is 9.36 Å². The van der Waals surface area contributed by atoms with E-state index in [0.29, 0.717) is 28.5 Å². The number of rotatable bonds is 7. The van der Waals surface area contributed by atoms with E-state index in [1.165, 1.54) is 32.0 Å². The number of H-pyrrole nitrogens is 1. The summed E-state index contributed by atoms with van der Waals surface area (Å²) in [5, 5.41) is 0. The second-order valence-electron chi connectivity index (χ2n) is 5.84. The number of hydrogen-bond acceptors (Lipinski definition) is 5. The van der Waals surface area contributed by atoms with Gasteiger partial charge < -0.3 is 19.2 Å². The number of aromatic nitrogens is 2. The SMILES string of the molecule is COc1cc(C=CC(=O)c2cccc(-n3cc[nH]c3=O)c2)cc(OC)c1OC. The van der Waals surface area contributed by atoms with Crippen LogP contribution in [0.15, 0.2) is 59.7 Å². The molecule has 0 aliphatic rings. The average molecular weight is 380 g/mol. The Labute approximate surface area is 161 Å². The smallest absolute Gasteiger partial charge is 0.330 e. The van der Waals surface area contributed by atoms with Crippen molar-refractivity contribution >= 4 is 11.9 Å². The lowest BCUT2D eigenvalue weighted by Gasteiger charge is -2.12. The van der Waals surface area contributed by atoms with Gasteiger partial charge in [0.15, 0.2) is 17.3 Å². The van der Waals surface area contributed by atoms with Crippen molar-refractivity contribution in [2.24, 2.45) is 0 Å². The number of carbonyl (C=O) groups excluding carboxylic acids is 1. The van der Waals surface area contributed by atoms with Gasteiger partial charge in [0.1, 0.15) is 0 Å². The number of nitrogens with one attached hydrogen (secondary N) is 1. The summed E-state index contributed by atoms with van der Waals surface area (Å²) in [6, 6.07) is 10.4. The molecule has 0 aliphatic heterocycles. The minimum Gasteiger partial charge on any atom is -0.493 e. The Morgan fingerprint density at radius 3 is 2.32 bits per heavy atom. The van der Waals surface area contributed by atoms with Gasteiger partial charge >= 0.3 is 5.69 Å². The molecule has 0 unspecified atom stereocenters. The van der Waals surface area contributed by atoms with Gasteiger partial charge in [0, 0.05) is 18.0 Å². The fraction of sp³-hybridized carbons (Fsp3) is 0.143. The van der Waals surface area contributed by atoms with Crippen LogP contribution in [0, 0.1) is 0 Å². The van der Waals surface area contributed by atoms with Crippen LogP contribution in [0.1, 0.15) is 15.9 Å². The molecule has 1 N–H and O–H groups in total. The summed E-state index contributed by atoms with van der Waals surface area (Å²) < 4.78 is 17.4. The molecule has 7 nitrogen and oxygen atoms in total. The van der Waals surface area contributed by atoms with E-state index in [9.17, 15) is 9.59 Å². The van der Waals surface area contributed by atoms with Gasteiger partial charge in [0.2, 0.25) is 5.75 Å². The van der Waals surface area contributed by atoms with Crippen molar-refractivity contribution in [3.63, 3.8) is 0 Å². The fourth-order valence-corrected chi connectivity index (χ4v) is 2.80. The number of ether oxygens (including phenoxy) is 3. The molecule has 0 aliphatic carbocycles. The second kappa shape index (κ2) is 8.30. The van der Waals surface area contributed by atoms with Crippen molar-refractivity contribution in [2.75, 3.05) is 21.3 Å². The Morgan fingerprint density at radius 1 is 1.04 bits per heavy atom. The Hall–Kier alpha value is -3.74. The van der Waals surface area contributed by atoms with E-state index in [1.54, 1.807) is 54.9 Å². The molecule has 0 saturated heterocycles. The minimum atomic E-state index is -0.266. The van der Waals surface area contributed by atoms with Crippen molar-refractivity contribution in [2.45, 2.75) is 0 Å². The number of hydrogen-bond donors (Lipinski definition) is 1. The van der Waals surface area contributed by atoms with E-state index in [1.807, 2.05) is 0 Å². The highest BCUT2D eigenvalue weighted by Crippen LogP contribution is 2.38. The van der Waals surface area contributed by atoms with Crippen LogP contribution in [0.3, 0.4) is 0 Å². The number of allylic oxidation sites excluding steroid dienone is 1. The molecule has 0 atom stereocenters. The predicted octanol–water partition coefficient (Wildman–Crippen LogP) is 3.09. The predicted molar refractivity (Wildman–Crippen MR) is 106 cm³/mol. The summed E-state index contributed by atoms with van der Waals surface area (Å²) >= 11 is 0. The van der Waals surface area contributed by atoms with Crippen LogP contribution in [0.5, 0.6) is 17.2 Å². The first-order chi connectivity index (χ1) is 13.6. The maximum Gasteiger partial charge on any atom is 0.330 e. The molecule has 0 radical (unpaired) electrons. The number of carbonyl (C=O) groups is 1. The number of methoxy groups -OCH3 is 3. The zero-order chi connectivity index (χ0) is 20.1. The zero-order valence-corrected chi connectivity index (χ0v) is 15.8. The van der Waals surface area contributed by atoms with Gasteiger partial charge in [-0.05, 0) is 35.9 Å². The molecule has 0 amide bonds. The van der Waals surface area contributed by atoms with Gasteiger partial charge in [0.05, 0.1) is 27.0 Å². The van der Waals surface area contributed by atoms with Gasteiger partial charge in [0.25, 0.3) is 0 Å². The van der Waals surface area contributed by atoms with Crippen LogP contribution in [-0.4, -0.2) is 36.7 Å². The topological polar surface area (TPSA) is 82.6 Å². The third-order valence-electron chi connectivity index (χ3n) is 4.17. The highest BCUT2D eigenvalue weighted by Gasteiger charge is 2.12. The molecule has 2 aromatic carbocycles. The van der Waals surface area contributed by atoms with Crippen molar-refractivity contribution in [1.29, 1.82) is 0 Å². The van der Waals surface area contributed by atoms with Crippen LogP contribution >= 0.6 is 0 Å². The first-order valence-corrected chi connectivity index (χ1v) is 8.46. The van der Waals surface area contributed by atoms with Gasteiger partial charge in [-0.2, -0.15) is 0 Å². The Balaban J connectivity index is 1.88. The summed E-state index contributed by atoms with van der Waals surface area (Å²) in [6.45, 7) is 0. The molecule has 0 fully saturated rings. The Bertz CT molecular complexity index is 1050. The third-order valence-corrected chi connectivity index (χ3v) is 4.17. The van der Waals surface area contributed by atoms with E-state index in [2.05, 4.69) is 4.98 Å². The molecular weight excluding hydrogens is 360 g/mol. The maximum atomic E-state index is 12.6. The van der Waals surface area contributed by atoms with Crippen molar-refractivity contribution in [3.05, 3.63) is 76.5 Å². The zero-order valence-electron chi connectivity index (χ0n) is 15.8. The molecule has 1 heterocycles. The first-order valence-electron chi connectivity index (χ1n) is 8.46. The maximum absolute atomic E-state index is 12.6. The average Bonchev–Trinajstić information content (AvgIpc) is 3.17. The molecule has 1 aromatic heterocycles. The lowest BCUT2D eigenvalue weighted by atomic mass is 10.1. The van der Waals surface area contributed by atoms with Crippen molar-refractivity contribution < 1.29 is 19.0 Å². The second-order valence-corrected chi connectivity index (χ2v) is 5.84. The van der Waals surface area contributed by atoms with E-state index in [4.69, 9.17) is 14.2 Å². The fourth-order valence-electron chi connectivity index (χ4n) is 2.80. The summed E-state index contributed by atoms with van der Waals surface area (Å²) in [4.78, 5) is 26.9. The Kier molecular flexibility index (Phi) is 5.64. The van der Waals surface area contributed by atoms with Gasteiger partial charge in [-0.15, -0.1) is 0 Å². The first kappa shape index (κ1) is 19.0. The summed E-state index contributed by atoms with van der Waals surface area (Å²) in [5.41, 5.74) is 1.53. The number of imidazole rings is 1. The van der Waals surface area contributed by atoms with Gasteiger partial charge in [-0.25, -0.2) is 4.79 Å². The van der Waals surface area contributed by atoms with Crippen LogP contribution in [-0.2, 0) is 0 Å². The lowest BCUT2D eigenvalue weighted by molar-refractivity contribution is 0.104. The molecular formula is C21H20N2O5. The molecule has 144 valence electrons. The molecule has 28 heavy (non-hydrogen) atoms. The monoisotopic (exact) mass is 380 g/mol. The van der Waals surface area contributed by atoms with Crippen LogP contribution in [0.4, 0.5) is 0 Å². The summed E-state index contributed by atoms with van der Waals surface area (Å²) in [7, 11) is 4.59. The van der Waals surface area contributed by atoms with E-state index in [0.717, 1.165) is 5.56 Å². The standard InChI is InChI=1S/C21H20N2O5/c1-26-18-11-14(12-19(27-2)20(18)28-3)7-8-17(24)15-5-4-6-16(13-15)23-10-9-22-21(23)25/h4-13H,1-3H3,(H,22,25). The molecule has 0 bridgehead atoms. The van der Waals surface area contributed by atoms with Crippen LogP contribution < -0.4 is 19.9 Å². The lowest BCUT2D eigenvalue weighted by Crippen LogP contribution is -2.14. The molecule has 0 saturated carbocycles. The molecule has 3 aromatic rings. The quantitative estimate of drug-likeness (QED) is 0.503. The highest BCUT2D eigenvalue weighted by molar-refractivity contribution is 6.07. The number of nitrogens with zero attached hydrogens (tertiary/aromatic N) is 1. The highest BCUT2D eigenvalue weighted by atomic mass is 16.5. The summed E-state index contributed by atoms with van der Waals surface area (Å²) in [6.07, 6.45) is 6.28. The molecule has 3 rings (SSSR count). The largest absolute Gasteiger partial charge is 0.493 e. The van der Waals surface area contributed by atoms with Crippen molar-refractivity contribution in [3.8, 4) is 22.9 Å². The van der Waals surface area contributed by atoms with E-state index in [-0.39, 0.29) is 11.5 Å². The summed E-state index contributed by atoms with van der Waals surface area (Å²) in [5.74, 6) is 1.29. The van der Waals surface area contributed by atoms with Crippen molar-refractivity contribution in [1.82, 2.24) is 9.55 Å². The molecule has 7 heteroatoms. The van der Waals surface area contributed by atoms with Crippen LogP contribution in [0.2, 0.25) is 0 Å². The third kappa shape index (κ3) is 3.83.